The summed E-state index contributed by atoms with van der Waals surface area (Å²) in [5, 5.41) is 11.7. The lowest BCUT2D eigenvalue weighted by molar-refractivity contribution is -0.116. The third kappa shape index (κ3) is 3.75. The van der Waals surface area contributed by atoms with E-state index in [-0.39, 0.29) is 12.5 Å². The van der Waals surface area contributed by atoms with Crippen molar-refractivity contribution in [2.24, 2.45) is 0 Å². The Morgan fingerprint density at radius 3 is 2.91 bits per heavy atom. The summed E-state index contributed by atoms with van der Waals surface area (Å²) in [5.41, 5.74) is 1.20. The van der Waals surface area contributed by atoms with Crippen molar-refractivity contribution in [2.75, 3.05) is 11.4 Å². The number of nitrogens with zero attached hydrogens (tertiary/aromatic N) is 3. The summed E-state index contributed by atoms with van der Waals surface area (Å²) in [7, 11) is 0. The number of nitriles is 1. The van der Waals surface area contributed by atoms with Crippen molar-refractivity contribution in [3.8, 4) is 11.8 Å². The number of benzene rings is 1. The van der Waals surface area contributed by atoms with Crippen molar-refractivity contribution >= 4 is 34.0 Å². The molecule has 0 N–H and O–H groups in total. The van der Waals surface area contributed by atoms with Gasteiger partial charge < -0.3 is 4.74 Å². The van der Waals surface area contributed by atoms with E-state index < -0.39 is 0 Å². The molecule has 0 fully saturated rings. The Bertz CT molecular complexity index is 724. The van der Waals surface area contributed by atoms with Crippen LogP contribution in [-0.4, -0.2) is 17.4 Å². The number of hydrogen-bond acceptors (Lipinski definition) is 5. The van der Waals surface area contributed by atoms with E-state index >= 15 is 0 Å². The zero-order valence-corrected chi connectivity index (χ0v) is 13.7. The summed E-state index contributed by atoms with van der Waals surface area (Å²) in [6.45, 7) is 4.23. The molecule has 1 amide bonds. The summed E-state index contributed by atoms with van der Waals surface area (Å²) in [6.07, 6.45) is 0. The van der Waals surface area contributed by atoms with Gasteiger partial charge in [0.05, 0.1) is 22.3 Å². The number of ether oxygens (including phenoxy) is 1. The van der Waals surface area contributed by atoms with E-state index in [0.29, 0.717) is 28.0 Å². The quantitative estimate of drug-likeness (QED) is 0.837. The summed E-state index contributed by atoms with van der Waals surface area (Å²) < 4.78 is 5.61. The van der Waals surface area contributed by atoms with E-state index in [1.165, 1.54) is 18.3 Å². The number of carbonyl (C=O) groups excluding carboxylic acids is 1. The van der Waals surface area contributed by atoms with Gasteiger partial charge in [-0.05, 0) is 25.1 Å². The highest BCUT2D eigenvalue weighted by atomic mass is 35.5. The van der Waals surface area contributed by atoms with Crippen LogP contribution in [0, 0.1) is 11.3 Å². The molecule has 0 bridgehead atoms. The second kappa shape index (κ2) is 7.25. The van der Waals surface area contributed by atoms with Crippen molar-refractivity contribution in [2.45, 2.75) is 20.5 Å². The molecule has 0 aliphatic heterocycles. The number of rotatable bonds is 5. The molecule has 2 aromatic rings. The fraction of sp³-hybridized carbons (Fsp3) is 0.267. The first-order valence-electron chi connectivity index (χ1n) is 6.60. The maximum atomic E-state index is 11.5. The van der Waals surface area contributed by atoms with Gasteiger partial charge in [0.25, 0.3) is 0 Å². The lowest BCUT2D eigenvalue weighted by Crippen LogP contribution is -2.27. The Morgan fingerprint density at radius 1 is 1.55 bits per heavy atom. The molecule has 7 heteroatoms. The molecular weight excluding hydrogens is 322 g/mol. The number of halogens is 1. The molecule has 0 unspecified atom stereocenters. The second-order valence-electron chi connectivity index (χ2n) is 4.43. The zero-order valence-electron chi connectivity index (χ0n) is 12.2. The molecule has 5 nitrogen and oxygen atoms in total. The van der Waals surface area contributed by atoms with Crippen LogP contribution < -0.4 is 9.64 Å². The average molecular weight is 336 g/mol. The Morgan fingerprint density at radius 2 is 2.32 bits per heavy atom. The normalized spacial score (nSPS) is 10.1. The molecule has 0 aliphatic rings. The Balaban J connectivity index is 2.05. The van der Waals surface area contributed by atoms with Gasteiger partial charge in [-0.15, -0.1) is 11.3 Å². The van der Waals surface area contributed by atoms with Crippen molar-refractivity contribution in [3.05, 3.63) is 39.9 Å². The van der Waals surface area contributed by atoms with Gasteiger partial charge in [0.1, 0.15) is 12.4 Å². The molecule has 0 saturated carbocycles. The molecule has 1 heterocycles. The van der Waals surface area contributed by atoms with Crippen LogP contribution in [0.15, 0.2) is 23.6 Å². The molecule has 22 heavy (non-hydrogen) atoms. The average Bonchev–Trinajstić information content (AvgIpc) is 2.94. The van der Waals surface area contributed by atoms with Crippen LogP contribution in [0.3, 0.4) is 0 Å². The van der Waals surface area contributed by atoms with Crippen molar-refractivity contribution in [1.82, 2.24) is 4.98 Å². The van der Waals surface area contributed by atoms with Gasteiger partial charge in [-0.3, -0.25) is 9.69 Å². The summed E-state index contributed by atoms with van der Waals surface area (Å²) in [4.78, 5) is 17.5. The maximum Gasteiger partial charge on any atom is 0.225 e. The molecule has 1 aromatic heterocycles. The number of carbonyl (C=O) groups is 1. The SMILES string of the molecule is CCN(C(C)=O)c1nc(COc2ccc(C#N)cc2Cl)cs1. The molecule has 0 saturated heterocycles. The predicted molar refractivity (Wildman–Crippen MR) is 86.3 cm³/mol. The standard InChI is InChI=1S/C15H14ClN3O2S/c1-3-19(10(2)20)15-18-12(9-22-15)8-21-14-5-4-11(7-17)6-13(14)16/h4-6,9H,3,8H2,1-2H3. The van der Waals surface area contributed by atoms with Gasteiger partial charge in [0.15, 0.2) is 5.13 Å². The van der Waals surface area contributed by atoms with Gasteiger partial charge in [0, 0.05) is 18.8 Å². The van der Waals surface area contributed by atoms with Crippen LogP contribution in [0.2, 0.25) is 5.02 Å². The lowest BCUT2D eigenvalue weighted by Gasteiger charge is -2.14. The number of aromatic nitrogens is 1. The molecule has 0 radical (unpaired) electrons. The Hall–Kier alpha value is -2.10. The fourth-order valence-electron chi connectivity index (χ4n) is 1.82. The smallest absolute Gasteiger partial charge is 0.225 e. The van der Waals surface area contributed by atoms with E-state index in [2.05, 4.69) is 4.98 Å². The van der Waals surface area contributed by atoms with Gasteiger partial charge in [-0.25, -0.2) is 4.98 Å². The fourth-order valence-corrected chi connectivity index (χ4v) is 2.97. The van der Waals surface area contributed by atoms with Crippen LogP contribution in [0.4, 0.5) is 5.13 Å². The minimum Gasteiger partial charge on any atom is -0.486 e. The molecular formula is C15H14ClN3O2S. The third-order valence-electron chi connectivity index (χ3n) is 2.90. The predicted octanol–water partition coefficient (Wildman–Crippen LogP) is 3.62. The molecule has 0 aliphatic carbocycles. The van der Waals surface area contributed by atoms with E-state index in [9.17, 15) is 4.79 Å². The number of thiazole rings is 1. The molecule has 0 atom stereocenters. The zero-order chi connectivity index (χ0) is 16.1. The minimum atomic E-state index is -0.0422. The second-order valence-corrected chi connectivity index (χ2v) is 5.67. The number of anilines is 1. The van der Waals surface area contributed by atoms with E-state index in [0.717, 1.165) is 5.69 Å². The van der Waals surface area contributed by atoms with Crippen molar-refractivity contribution in [3.63, 3.8) is 0 Å². The van der Waals surface area contributed by atoms with Gasteiger partial charge >= 0.3 is 0 Å². The van der Waals surface area contributed by atoms with Crippen LogP contribution >= 0.6 is 22.9 Å². The highest BCUT2D eigenvalue weighted by molar-refractivity contribution is 7.14. The Kier molecular flexibility index (Phi) is 5.36. The van der Waals surface area contributed by atoms with E-state index in [1.54, 1.807) is 23.1 Å². The van der Waals surface area contributed by atoms with Crippen LogP contribution in [0.5, 0.6) is 5.75 Å². The number of hydrogen-bond donors (Lipinski definition) is 0. The molecule has 2 rings (SSSR count). The highest BCUT2D eigenvalue weighted by Gasteiger charge is 2.13. The molecule has 0 spiro atoms. The summed E-state index contributed by atoms with van der Waals surface area (Å²) >= 11 is 7.44. The van der Waals surface area contributed by atoms with Crippen molar-refractivity contribution < 1.29 is 9.53 Å². The highest BCUT2D eigenvalue weighted by Crippen LogP contribution is 2.27. The van der Waals surface area contributed by atoms with E-state index in [1.807, 2.05) is 18.4 Å². The van der Waals surface area contributed by atoms with Crippen LogP contribution in [0.25, 0.3) is 0 Å². The van der Waals surface area contributed by atoms with Gasteiger partial charge in [-0.1, -0.05) is 11.6 Å². The van der Waals surface area contributed by atoms with Crippen LogP contribution in [0.1, 0.15) is 25.1 Å². The van der Waals surface area contributed by atoms with Crippen LogP contribution in [-0.2, 0) is 11.4 Å². The summed E-state index contributed by atoms with van der Waals surface area (Å²) in [6, 6.07) is 6.86. The first-order chi connectivity index (χ1) is 10.5. The third-order valence-corrected chi connectivity index (χ3v) is 4.11. The van der Waals surface area contributed by atoms with Gasteiger partial charge in [-0.2, -0.15) is 5.26 Å². The first kappa shape index (κ1) is 16.3. The Labute approximate surface area is 137 Å². The first-order valence-corrected chi connectivity index (χ1v) is 7.85. The summed E-state index contributed by atoms with van der Waals surface area (Å²) in [5.74, 6) is 0.452. The van der Waals surface area contributed by atoms with Crippen molar-refractivity contribution in [1.29, 1.82) is 5.26 Å². The van der Waals surface area contributed by atoms with E-state index in [4.69, 9.17) is 21.6 Å². The minimum absolute atomic E-state index is 0.0422. The maximum absolute atomic E-state index is 11.5. The largest absolute Gasteiger partial charge is 0.486 e. The topological polar surface area (TPSA) is 66.2 Å². The lowest BCUT2D eigenvalue weighted by atomic mass is 10.2. The monoisotopic (exact) mass is 335 g/mol. The van der Waals surface area contributed by atoms with Gasteiger partial charge in [0.2, 0.25) is 5.91 Å². The molecule has 114 valence electrons. The molecule has 1 aromatic carbocycles. The number of amides is 1.